The maximum Gasteiger partial charge on any atom is 0.173 e. The first-order valence-electron chi connectivity index (χ1n) is 5.01. The first kappa shape index (κ1) is 11.4. The van der Waals surface area contributed by atoms with Gasteiger partial charge in [0.25, 0.3) is 0 Å². The molecule has 16 heavy (non-hydrogen) atoms. The molecule has 1 nitrogen and oxygen atoms in total. The van der Waals surface area contributed by atoms with Crippen molar-refractivity contribution in [2.45, 2.75) is 11.8 Å². The Balaban J connectivity index is 1.98. The minimum atomic E-state index is 0.203. The molecule has 0 saturated carbocycles. The van der Waals surface area contributed by atoms with Crippen molar-refractivity contribution < 1.29 is 4.79 Å². The lowest BCUT2D eigenvalue weighted by atomic mass is 10.2. The maximum atomic E-state index is 11.8. The molecule has 0 aliphatic rings. The van der Waals surface area contributed by atoms with E-state index in [2.05, 4.69) is 19.1 Å². The van der Waals surface area contributed by atoms with Gasteiger partial charge in [0.15, 0.2) is 5.78 Å². The number of hydrogen-bond acceptors (Lipinski definition) is 3. The fourth-order valence-electron chi connectivity index (χ4n) is 1.37. The van der Waals surface area contributed by atoms with Crippen LogP contribution in [0.25, 0.3) is 0 Å². The lowest BCUT2D eigenvalue weighted by Crippen LogP contribution is -2.00. The summed E-state index contributed by atoms with van der Waals surface area (Å²) in [6.07, 6.45) is 0. The predicted octanol–water partition coefficient (Wildman–Crippen LogP) is 4.03. The molecule has 82 valence electrons. The number of thioether (sulfide) groups is 1. The van der Waals surface area contributed by atoms with Crippen LogP contribution in [0.1, 0.15) is 15.9 Å². The van der Waals surface area contributed by atoms with E-state index in [0.717, 1.165) is 5.56 Å². The maximum absolute atomic E-state index is 11.8. The molecule has 2 rings (SSSR count). The van der Waals surface area contributed by atoms with Crippen LogP contribution in [0.15, 0.2) is 46.0 Å². The summed E-state index contributed by atoms with van der Waals surface area (Å²) in [7, 11) is 0. The van der Waals surface area contributed by atoms with Gasteiger partial charge in [-0.1, -0.05) is 18.2 Å². The SMILES string of the molecule is Cc1ccccc1SCC(=O)c1ccsc1. The van der Waals surface area contributed by atoms with Crippen LogP contribution in [0, 0.1) is 6.92 Å². The zero-order valence-corrected chi connectivity index (χ0v) is 10.6. The van der Waals surface area contributed by atoms with E-state index >= 15 is 0 Å². The smallest absolute Gasteiger partial charge is 0.173 e. The second-order valence-corrected chi connectivity index (χ2v) is 5.29. The summed E-state index contributed by atoms with van der Waals surface area (Å²) < 4.78 is 0. The number of thiophene rings is 1. The average Bonchev–Trinajstić information content (AvgIpc) is 2.81. The van der Waals surface area contributed by atoms with Gasteiger partial charge in [0.1, 0.15) is 0 Å². The number of aryl methyl sites for hydroxylation is 1. The van der Waals surface area contributed by atoms with E-state index in [1.165, 1.54) is 10.5 Å². The molecule has 0 saturated heterocycles. The molecular weight excluding hydrogens is 236 g/mol. The third-order valence-corrected chi connectivity index (χ3v) is 4.15. The Labute approximate surface area is 104 Å². The minimum absolute atomic E-state index is 0.203. The van der Waals surface area contributed by atoms with Crippen molar-refractivity contribution >= 4 is 28.9 Å². The molecule has 1 aromatic carbocycles. The number of carbonyl (C=O) groups excluding carboxylic acids is 1. The zero-order chi connectivity index (χ0) is 11.4. The normalized spacial score (nSPS) is 10.3. The fourth-order valence-corrected chi connectivity index (χ4v) is 2.95. The highest BCUT2D eigenvalue weighted by atomic mass is 32.2. The lowest BCUT2D eigenvalue weighted by Gasteiger charge is -2.03. The molecular formula is C13H12OS2. The van der Waals surface area contributed by atoms with Crippen molar-refractivity contribution in [1.82, 2.24) is 0 Å². The Morgan fingerprint density at radius 2 is 2.12 bits per heavy atom. The quantitative estimate of drug-likeness (QED) is 0.600. The van der Waals surface area contributed by atoms with E-state index in [0.29, 0.717) is 5.75 Å². The van der Waals surface area contributed by atoms with Gasteiger partial charge in [0, 0.05) is 15.8 Å². The summed E-state index contributed by atoms with van der Waals surface area (Å²) in [5, 5.41) is 3.84. The van der Waals surface area contributed by atoms with E-state index in [-0.39, 0.29) is 5.78 Å². The van der Waals surface area contributed by atoms with Crippen LogP contribution in [-0.4, -0.2) is 11.5 Å². The van der Waals surface area contributed by atoms with Gasteiger partial charge in [0.05, 0.1) is 5.75 Å². The summed E-state index contributed by atoms with van der Waals surface area (Å²) >= 11 is 3.17. The third kappa shape index (κ3) is 2.74. The van der Waals surface area contributed by atoms with Crippen LogP contribution < -0.4 is 0 Å². The van der Waals surface area contributed by atoms with Crippen LogP contribution in [0.5, 0.6) is 0 Å². The molecule has 0 atom stereocenters. The van der Waals surface area contributed by atoms with Crippen molar-refractivity contribution in [2.75, 3.05) is 5.75 Å². The Morgan fingerprint density at radius 3 is 2.81 bits per heavy atom. The summed E-state index contributed by atoms with van der Waals surface area (Å²) in [6, 6.07) is 10.0. The number of ketones is 1. The number of rotatable bonds is 4. The molecule has 0 aliphatic carbocycles. The van der Waals surface area contributed by atoms with Gasteiger partial charge in [-0.2, -0.15) is 11.3 Å². The van der Waals surface area contributed by atoms with Crippen molar-refractivity contribution in [2.24, 2.45) is 0 Å². The zero-order valence-electron chi connectivity index (χ0n) is 8.97. The number of Topliss-reactive ketones (excluding diaryl/α,β-unsaturated/α-hetero) is 1. The minimum Gasteiger partial charge on any atom is -0.293 e. The highest BCUT2D eigenvalue weighted by Gasteiger charge is 2.07. The molecule has 0 unspecified atom stereocenters. The summed E-state index contributed by atoms with van der Waals surface area (Å²) in [5.74, 6) is 0.719. The topological polar surface area (TPSA) is 17.1 Å². The summed E-state index contributed by atoms with van der Waals surface area (Å²) in [6.45, 7) is 2.07. The highest BCUT2D eigenvalue weighted by molar-refractivity contribution is 8.00. The number of benzene rings is 1. The van der Waals surface area contributed by atoms with Crippen LogP contribution in [-0.2, 0) is 0 Å². The summed E-state index contributed by atoms with van der Waals surface area (Å²) in [5.41, 5.74) is 2.05. The van der Waals surface area contributed by atoms with Gasteiger partial charge in [-0.15, -0.1) is 11.8 Å². The largest absolute Gasteiger partial charge is 0.293 e. The molecule has 2 aromatic rings. The second kappa shape index (κ2) is 5.32. The van der Waals surface area contributed by atoms with Crippen molar-refractivity contribution in [1.29, 1.82) is 0 Å². The lowest BCUT2D eigenvalue weighted by molar-refractivity contribution is 0.102. The Kier molecular flexibility index (Phi) is 3.80. The second-order valence-electron chi connectivity index (χ2n) is 3.49. The predicted molar refractivity (Wildman–Crippen MR) is 70.6 cm³/mol. The Hall–Kier alpha value is -1.06. The number of carbonyl (C=O) groups is 1. The fraction of sp³-hybridized carbons (Fsp3) is 0.154. The van der Waals surface area contributed by atoms with Crippen LogP contribution in [0.4, 0.5) is 0 Å². The van der Waals surface area contributed by atoms with E-state index in [1.807, 2.05) is 29.0 Å². The number of hydrogen-bond donors (Lipinski definition) is 0. The first-order valence-corrected chi connectivity index (χ1v) is 6.94. The van der Waals surface area contributed by atoms with Gasteiger partial charge >= 0.3 is 0 Å². The average molecular weight is 248 g/mol. The molecule has 1 aromatic heterocycles. The Bertz CT molecular complexity index is 474. The van der Waals surface area contributed by atoms with Gasteiger partial charge < -0.3 is 0 Å². The summed E-state index contributed by atoms with van der Waals surface area (Å²) in [4.78, 5) is 13.0. The third-order valence-electron chi connectivity index (χ3n) is 2.30. The molecule has 0 bridgehead atoms. The Morgan fingerprint density at radius 1 is 1.31 bits per heavy atom. The highest BCUT2D eigenvalue weighted by Crippen LogP contribution is 2.23. The molecule has 0 radical (unpaired) electrons. The van der Waals surface area contributed by atoms with E-state index in [4.69, 9.17) is 0 Å². The van der Waals surface area contributed by atoms with Crippen LogP contribution in [0.3, 0.4) is 0 Å². The van der Waals surface area contributed by atoms with Gasteiger partial charge in [-0.25, -0.2) is 0 Å². The van der Waals surface area contributed by atoms with Gasteiger partial charge in [0.2, 0.25) is 0 Å². The van der Waals surface area contributed by atoms with Crippen LogP contribution in [0.2, 0.25) is 0 Å². The van der Waals surface area contributed by atoms with Crippen molar-refractivity contribution in [3.05, 3.63) is 52.2 Å². The van der Waals surface area contributed by atoms with Gasteiger partial charge in [-0.05, 0) is 30.0 Å². The van der Waals surface area contributed by atoms with Crippen molar-refractivity contribution in [3.63, 3.8) is 0 Å². The van der Waals surface area contributed by atoms with Crippen LogP contribution >= 0.6 is 23.1 Å². The molecule has 0 amide bonds. The monoisotopic (exact) mass is 248 g/mol. The molecule has 0 fully saturated rings. The van der Waals surface area contributed by atoms with E-state index in [1.54, 1.807) is 23.1 Å². The molecule has 0 spiro atoms. The molecule has 3 heteroatoms. The molecule has 0 aliphatic heterocycles. The van der Waals surface area contributed by atoms with Crippen molar-refractivity contribution in [3.8, 4) is 0 Å². The molecule has 0 N–H and O–H groups in total. The first-order chi connectivity index (χ1) is 7.77. The molecule has 1 heterocycles. The standard InChI is InChI=1S/C13H12OS2/c1-10-4-2-3-5-13(10)16-9-12(14)11-6-7-15-8-11/h2-8H,9H2,1H3. The van der Waals surface area contributed by atoms with E-state index in [9.17, 15) is 4.79 Å². The van der Waals surface area contributed by atoms with E-state index < -0.39 is 0 Å². The van der Waals surface area contributed by atoms with Gasteiger partial charge in [-0.3, -0.25) is 4.79 Å².